The van der Waals surface area contributed by atoms with E-state index >= 15 is 0 Å². The molecule has 0 aliphatic rings. The zero-order valence-electron chi connectivity index (χ0n) is 15.5. The summed E-state index contributed by atoms with van der Waals surface area (Å²) in [6.45, 7) is 1.65. The Bertz CT molecular complexity index is 1100. The van der Waals surface area contributed by atoms with E-state index in [1.165, 1.54) is 26.4 Å². The zero-order valence-corrected chi connectivity index (χ0v) is 15.5. The van der Waals surface area contributed by atoms with Gasteiger partial charge in [0.05, 0.1) is 26.2 Å². The van der Waals surface area contributed by atoms with Gasteiger partial charge in [0.2, 0.25) is 11.7 Å². The van der Waals surface area contributed by atoms with E-state index < -0.39 is 23.0 Å². The maximum atomic E-state index is 12.5. The van der Waals surface area contributed by atoms with Gasteiger partial charge in [-0.2, -0.15) is 0 Å². The second-order valence-electron chi connectivity index (χ2n) is 6.13. The van der Waals surface area contributed by atoms with E-state index in [4.69, 9.17) is 13.9 Å². The number of amides is 1. The Hall–Kier alpha value is -3.68. The molecule has 0 aliphatic heterocycles. The van der Waals surface area contributed by atoms with Crippen LogP contribution in [0.2, 0.25) is 0 Å². The van der Waals surface area contributed by atoms with E-state index in [1.54, 1.807) is 25.1 Å². The molecule has 28 heavy (non-hydrogen) atoms. The van der Waals surface area contributed by atoms with E-state index in [0.717, 1.165) is 0 Å². The minimum atomic E-state index is -0.760. The van der Waals surface area contributed by atoms with Crippen LogP contribution in [0.1, 0.15) is 11.1 Å². The molecule has 146 valence electrons. The molecule has 0 atom stereocenters. The van der Waals surface area contributed by atoms with Gasteiger partial charge in [0.25, 0.3) is 0 Å². The number of aromatic hydroxyl groups is 2. The third-order valence-corrected chi connectivity index (χ3v) is 4.38. The molecule has 0 aliphatic carbocycles. The number of methoxy groups -OCH3 is 2. The quantitative estimate of drug-likeness (QED) is 0.456. The average molecular weight is 385 g/mol. The minimum absolute atomic E-state index is 0.121. The molecule has 8 nitrogen and oxygen atoms in total. The van der Waals surface area contributed by atoms with E-state index in [-0.39, 0.29) is 17.6 Å². The lowest BCUT2D eigenvalue weighted by Crippen LogP contribution is -2.20. The molecule has 3 rings (SSSR count). The Morgan fingerprint density at radius 2 is 1.75 bits per heavy atom. The van der Waals surface area contributed by atoms with Crippen molar-refractivity contribution in [1.29, 1.82) is 0 Å². The lowest BCUT2D eigenvalue weighted by Gasteiger charge is -2.11. The molecule has 1 aromatic heterocycles. The maximum absolute atomic E-state index is 12.5. The highest BCUT2D eigenvalue weighted by atomic mass is 16.5. The Morgan fingerprint density at radius 3 is 2.36 bits per heavy atom. The van der Waals surface area contributed by atoms with Gasteiger partial charge in [-0.15, -0.1) is 0 Å². The van der Waals surface area contributed by atoms with Gasteiger partial charge in [-0.1, -0.05) is 0 Å². The van der Waals surface area contributed by atoms with Crippen LogP contribution >= 0.6 is 0 Å². The molecule has 8 heteroatoms. The van der Waals surface area contributed by atoms with Crippen molar-refractivity contribution in [3.8, 4) is 23.0 Å². The fraction of sp³-hybridized carbons (Fsp3) is 0.200. The molecule has 0 spiro atoms. The number of hydrogen-bond donors (Lipinski definition) is 3. The van der Waals surface area contributed by atoms with Crippen LogP contribution in [0.25, 0.3) is 11.0 Å². The van der Waals surface area contributed by atoms with Crippen LogP contribution in [-0.2, 0) is 11.2 Å². The average Bonchev–Trinajstić information content (AvgIpc) is 2.68. The van der Waals surface area contributed by atoms with Crippen LogP contribution in [0.4, 0.5) is 5.69 Å². The minimum Gasteiger partial charge on any atom is -0.504 e. The van der Waals surface area contributed by atoms with Gasteiger partial charge in [-0.3, -0.25) is 4.79 Å². The standard InChI is InChI=1S/C20H19NO7/c1-10-14-4-5-16(22)18(24)19(14)28-20(25)15(10)9-17(23)21-11-6-12(26-2)8-13(7-11)27-3/h4-8,22,24H,9H2,1-3H3,(H,21,23). The Kier molecular flexibility index (Phi) is 5.12. The highest BCUT2D eigenvalue weighted by molar-refractivity contribution is 5.94. The largest absolute Gasteiger partial charge is 0.504 e. The molecule has 0 saturated carbocycles. The van der Waals surface area contributed by atoms with Crippen molar-refractivity contribution < 1.29 is 28.9 Å². The molecular weight excluding hydrogens is 366 g/mol. The molecule has 1 heterocycles. The maximum Gasteiger partial charge on any atom is 0.340 e. The van der Waals surface area contributed by atoms with Crippen molar-refractivity contribution >= 4 is 22.6 Å². The summed E-state index contributed by atoms with van der Waals surface area (Å²) in [7, 11) is 2.99. The van der Waals surface area contributed by atoms with Gasteiger partial charge >= 0.3 is 5.63 Å². The molecule has 3 aromatic rings. The number of fused-ring (bicyclic) bond motifs is 1. The highest BCUT2D eigenvalue weighted by Gasteiger charge is 2.18. The Balaban J connectivity index is 1.92. The van der Waals surface area contributed by atoms with Crippen molar-refractivity contribution in [2.75, 3.05) is 19.5 Å². The van der Waals surface area contributed by atoms with Gasteiger partial charge in [-0.25, -0.2) is 4.79 Å². The van der Waals surface area contributed by atoms with Crippen molar-refractivity contribution in [2.24, 2.45) is 0 Å². The first-order valence-corrected chi connectivity index (χ1v) is 8.34. The summed E-state index contributed by atoms with van der Waals surface area (Å²) in [5.41, 5.74) is 0.213. The lowest BCUT2D eigenvalue weighted by molar-refractivity contribution is -0.115. The number of phenols is 2. The zero-order chi connectivity index (χ0) is 20.4. The first kappa shape index (κ1) is 19.1. The fourth-order valence-electron chi connectivity index (χ4n) is 2.88. The monoisotopic (exact) mass is 385 g/mol. The summed E-state index contributed by atoms with van der Waals surface area (Å²) >= 11 is 0. The predicted octanol–water partition coefficient (Wildman–Crippen LogP) is 2.71. The van der Waals surface area contributed by atoms with E-state index in [1.807, 2.05) is 0 Å². The second-order valence-corrected chi connectivity index (χ2v) is 6.13. The van der Waals surface area contributed by atoms with Crippen LogP contribution in [-0.4, -0.2) is 30.3 Å². The number of aryl methyl sites for hydroxylation is 1. The molecule has 0 fully saturated rings. The van der Waals surface area contributed by atoms with Crippen LogP contribution in [0.5, 0.6) is 23.0 Å². The van der Waals surface area contributed by atoms with Crippen LogP contribution in [0, 0.1) is 6.92 Å². The van der Waals surface area contributed by atoms with Crippen molar-refractivity contribution in [1.82, 2.24) is 0 Å². The number of anilines is 1. The highest BCUT2D eigenvalue weighted by Crippen LogP contribution is 2.34. The van der Waals surface area contributed by atoms with Gasteiger partial charge < -0.3 is 29.4 Å². The number of carbonyl (C=O) groups is 1. The molecule has 0 bridgehead atoms. The summed E-state index contributed by atoms with van der Waals surface area (Å²) in [5, 5.41) is 22.6. The second kappa shape index (κ2) is 7.51. The number of carbonyl (C=O) groups excluding carboxylic acids is 1. The number of nitrogens with one attached hydrogen (secondary N) is 1. The molecule has 3 N–H and O–H groups in total. The fourth-order valence-corrected chi connectivity index (χ4v) is 2.88. The van der Waals surface area contributed by atoms with Crippen molar-refractivity contribution in [3.63, 3.8) is 0 Å². The SMILES string of the molecule is COc1cc(NC(=O)Cc2c(C)c3ccc(O)c(O)c3oc2=O)cc(OC)c1. The molecule has 2 aromatic carbocycles. The number of benzene rings is 2. The first-order chi connectivity index (χ1) is 13.3. The first-order valence-electron chi connectivity index (χ1n) is 8.34. The third-order valence-electron chi connectivity index (χ3n) is 4.38. The van der Waals surface area contributed by atoms with E-state index in [9.17, 15) is 19.8 Å². The van der Waals surface area contributed by atoms with Crippen LogP contribution < -0.4 is 20.4 Å². The topological polar surface area (TPSA) is 118 Å². The van der Waals surface area contributed by atoms with Gasteiger partial charge in [0.15, 0.2) is 11.3 Å². The summed E-state index contributed by atoms with van der Waals surface area (Å²) < 4.78 is 15.5. The predicted molar refractivity (Wildman–Crippen MR) is 102 cm³/mol. The van der Waals surface area contributed by atoms with Gasteiger partial charge in [-0.05, 0) is 24.6 Å². The molecular formula is C20H19NO7. The van der Waals surface area contributed by atoms with Crippen LogP contribution in [0.3, 0.4) is 0 Å². The Labute approximate surface area is 159 Å². The van der Waals surface area contributed by atoms with Crippen molar-refractivity contribution in [3.05, 3.63) is 51.9 Å². The Morgan fingerprint density at radius 1 is 1.11 bits per heavy atom. The number of rotatable bonds is 5. The number of hydrogen-bond acceptors (Lipinski definition) is 7. The van der Waals surface area contributed by atoms with Crippen LogP contribution in [0.15, 0.2) is 39.5 Å². The summed E-state index contributed by atoms with van der Waals surface area (Å²) in [4.78, 5) is 24.8. The van der Waals surface area contributed by atoms with E-state index in [2.05, 4.69) is 5.32 Å². The summed E-state index contributed by atoms with van der Waals surface area (Å²) in [6, 6.07) is 7.71. The number of ether oxygens (including phenoxy) is 2. The lowest BCUT2D eigenvalue weighted by atomic mass is 10.0. The molecule has 0 radical (unpaired) electrons. The van der Waals surface area contributed by atoms with Gasteiger partial charge in [0, 0.05) is 29.3 Å². The molecule has 0 unspecified atom stereocenters. The third kappa shape index (κ3) is 3.57. The van der Waals surface area contributed by atoms with Crippen molar-refractivity contribution in [2.45, 2.75) is 13.3 Å². The number of phenolic OH excluding ortho intramolecular Hbond substituents is 2. The van der Waals surface area contributed by atoms with Gasteiger partial charge in [0.1, 0.15) is 11.5 Å². The summed E-state index contributed by atoms with van der Waals surface area (Å²) in [6.07, 6.45) is -0.231. The molecule has 1 amide bonds. The normalized spacial score (nSPS) is 10.7. The van der Waals surface area contributed by atoms with E-state index in [0.29, 0.717) is 28.1 Å². The molecule has 0 saturated heterocycles. The summed E-state index contributed by atoms with van der Waals surface area (Å²) in [5.74, 6) is -0.338. The smallest absolute Gasteiger partial charge is 0.340 e.